The third-order valence-electron chi connectivity index (χ3n) is 4.86. The van der Waals surface area contributed by atoms with E-state index in [4.69, 9.17) is 14.2 Å². The van der Waals surface area contributed by atoms with Crippen molar-refractivity contribution in [2.45, 2.75) is 33.2 Å². The molecule has 1 aliphatic rings. The number of nitrogens with zero attached hydrogens (tertiary/aromatic N) is 1. The number of rotatable bonds is 9. The van der Waals surface area contributed by atoms with Gasteiger partial charge in [-0.3, -0.25) is 14.4 Å². The third kappa shape index (κ3) is 5.51. The van der Waals surface area contributed by atoms with Crippen LogP contribution in [-0.2, 0) is 25.6 Å². The molecule has 0 saturated carbocycles. The van der Waals surface area contributed by atoms with Gasteiger partial charge < -0.3 is 19.1 Å². The highest BCUT2D eigenvalue weighted by atomic mass is 16.5. The number of benzene rings is 2. The molecule has 0 radical (unpaired) electrons. The number of hydrogen-bond donors (Lipinski definition) is 0. The third-order valence-corrected chi connectivity index (χ3v) is 4.86. The van der Waals surface area contributed by atoms with Gasteiger partial charge in [0.1, 0.15) is 5.75 Å². The molecule has 0 N–H and O–H groups in total. The van der Waals surface area contributed by atoms with E-state index in [9.17, 15) is 19.2 Å². The second-order valence-electron chi connectivity index (χ2n) is 7.10. The van der Waals surface area contributed by atoms with Crippen molar-refractivity contribution in [3.05, 3.63) is 59.2 Å². The summed E-state index contributed by atoms with van der Waals surface area (Å²) in [6.07, 6.45) is -0.00242. The van der Waals surface area contributed by atoms with Gasteiger partial charge in [0.05, 0.1) is 37.4 Å². The number of carbonyl (C=O) groups is 4. The van der Waals surface area contributed by atoms with Crippen LogP contribution in [0.3, 0.4) is 0 Å². The van der Waals surface area contributed by atoms with Gasteiger partial charge in [0.15, 0.2) is 12.4 Å². The zero-order chi connectivity index (χ0) is 23.1. The Kier molecular flexibility index (Phi) is 7.59. The molecule has 0 fully saturated rings. The molecular formula is C24H25NO7. The minimum absolute atomic E-state index is 0.00795. The Bertz CT molecular complexity index is 1030. The fourth-order valence-electron chi connectivity index (χ4n) is 3.34. The van der Waals surface area contributed by atoms with Crippen molar-refractivity contribution in [3.8, 4) is 5.75 Å². The van der Waals surface area contributed by atoms with Gasteiger partial charge >= 0.3 is 11.9 Å². The molecule has 0 bridgehead atoms. The van der Waals surface area contributed by atoms with E-state index in [1.807, 2.05) is 0 Å². The maximum atomic E-state index is 12.6. The van der Waals surface area contributed by atoms with Crippen LogP contribution in [0.5, 0.6) is 5.75 Å². The SMILES string of the molecule is CCOC(=O)CCC(=O)c1ccc2c(c1)N(Cc1cccc(C(=O)OCC)c1)C(=O)CO2. The smallest absolute Gasteiger partial charge is 0.338 e. The first-order chi connectivity index (χ1) is 15.4. The second kappa shape index (κ2) is 10.6. The van der Waals surface area contributed by atoms with Crippen molar-refractivity contribution in [3.63, 3.8) is 0 Å². The van der Waals surface area contributed by atoms with Gasteiger partial charge in [0.2, 0.25) is 0 Å². The molecule has 32 heavy (non-hydrogen) atoms. The predicted octanol–water partition coefficient (Wildman–Crippen LogP) is 3.31. The first-order valence-corrected chi connectivity index (χ1v) is 10.4. The highest BCUT2D eigenvalue weighted by Crippen LogP contribution is 2.34. The maximum absolute atomic E-state index is 12.6. The molecule has 0 aliphatic carbocycles. The van der Waals surface area contributed by atoms with Crippen molar-refractivity contribution in [2.24, 2.45) is 0 Å². The highest BCUT2D eigenvalue weighted by Gasteiger charge is 2.27. The topological polar surface area (TPSA) is 99.2 Å². The minimum atomic E-state index is -0.433. The van der Waals surface area contributed by atoms with E-state index in [0.29, 0.717) is 22.6 Å². The van der Waals surface area contributed by atoms with Gasteiger partial charge in [-0.1, -0.05) is 12.1 Å². The van der Waals surface area contributed by atoms with Gasteiger partial charge in [-0.15, -0.1) is 0 Å². The van der Waals surface area contributed by atoms with Crippen LogP contribution in [0.1, 0.15) is 53.0 Å². The Morgan fingerprint density at radius 3 is 2.50 bits per heavy atom. The molecule has 0 aromatic heterocycles. The van der Waals surface area contributed by atoms with Gasteiger partial charge in [-0.25, -0.2) is 4.79 Å². The molecule has 2 aromatic rings. The van der Waals surface area contributed by atoms with Crippen LogP contribution in [-0.4, -0.2) is 43.4 Å². The number of amides is 1. The summed E-state index contributed by atoms with van der Waals surface area (Å²) in [6, 6.07) is 11.7. The molecule has 8 heteroatoms. The Balaban J connectivity index is 1.81. The van der Waals surface area contributed by atoms with Gasteiger partial charge in [0.25, 0.3) is 5.91 Å². The quantitative estimate of drug-likeness (QED) is 0.437. The lowest BCUT2D eigenvalue weighted by molar-refractivity contribution is -0.143. The minimum Gasteiger partial charge on any atom is -0.482 e. The largest absolute Gasteiger partial charge is 0.482 e. The standard InChI is InChI=1S/C24H25NO7/c1-3-30-23(28)11-9-20(26)17-8-10-21-19(13-17)25(22(27)15-32-21)14-16-6-5-7-18(12-16)24(29)31-4-2/h5-8,10,12-13H,3-4,9,11,14-15H2,1-2H3. The van der Waals surface area contributed by atoms with Crippen LogP contribution in [0.15, 0.2) is 42.5 Å². The van der Waals surface area contributed by atoms with E-state index in [0.717, 1.165) is 5.56 Å². The number of esters is 2. The highest BCUT2D eigenvalue weighted by molar-refractivity contribution is 6.02. The van der Waals surface area contributed by atoms with Gasteiger partial charge in [-0.2, -0.15) is 0 Å². The van der Waals surface area contributed by atoms with E-state index in [2.05, 4.69) is 0 Å². The summed E-state index contributed by atoms with van der Waals surface area (Å²) >= 11 is 0. The molecule has 1 aliphatic heterocycles. The molecule has 0 atom stereocenters. The Morgan fingerprint density at radius 1 is 0.969 bits per heavy atom. The Hall–Kier alpha value is -3.68. The molecule has 0 spiro atoms. The number of fused-ring (bicyclic) bond motifs is 1. The first kappa shape index (κ1) is 23.0. The lowest BCUT2D eigenvalue weighted by Gasteiger charge is -2.30. The lowest BCUT2D eigenvalue weighted by Crippen LogP contribution is -2.38. The van der Waals surface area contributed by atoms with Crippen molar-refractivity contribution in [1.29, 1.82) is 0 Å². The second-order valence-corrected chi connectivity index (χ2v) is 7.10. The molecular weight excluding hydrogens is 414 g/mol. The van der Waals surface area contributed by atoms with Crippen molar-refractivity contribution < 1.29 is 33.4 Å². The number of ketones is 1. The number of carbonyl (C=O) groups excluding carboxylic acids is 4. The average Bonchev–Trinajstić information content (AvgIpc) is 2.79. The van der Waals surface area contributed by atoms with E-state index in [1.54, 1.807) is 56.3 Å². The molecule has 168 valence electrons. The molecule has 1 heterocycles. The van der Waals surface area contributed by atoms with E-state index >= 15 is 0 Å². The number of Topliss-reactive ketones (excluding diaryl/α,β-unsaturated/α-hetero) is 1. The summed E-state index contributed by atoms with van der Waals surface area (Å²) in [4.78, 5) is 50.3. The van der Waals surface area contributed by atoms with Crippen molar-refractivity contribution in [1.82, 2.24) is 0 Å². The summed E-state index contributed by atoms with van der Waals surface area (Å²) in [5.74, 6) is -0.885. The predicted molar refractivity (Wildman–Crippen MR) is 116 cm³/mol. The summed E-state index contributed by atoms with van der Waals surface area (Å²) in [7, 11) is 0. The average molecular weight is 439 g/mol. The van der Waals surface area contributed by atoms with Crippen molar-refractivity contribution in [2.75, 3.05) is 24.7 Å². The van der Waals surface area contributed by atoms with Crippen LogP contribution in [0.2, 0.25) is 0 Å². The van der Waals surface area contributed by atoms with Crippen LogP contribution >= 0.6 is 0 Å². The zero-order valence-electron chi connectivity index (χ0n) is 18.1. The number of hydrogen-bond acceptors (Lipinski definition) is 7. The molecule has 0 saturated heterocycles. The van der Waals surface area contributed by atoms with Crippen molar-refractivity contribution >= 4 is 29.3 Å². The van der Waals surface area contributed by atoms with Crippen LogP contribution < -0.4 is 9.64 Å². The summed E-state index contributed by atoms with van der Waals surface area (Å²) in [6.45, 7) is 4.04. The fraction of sp³-hybridized carbons (Fsp3) is 0.333. The van der Waals surface area contributed by atoms with Crippen LogP contribution in [0, 0.1) is 0 Å². The molecule has 8 nitrogen and oxygen atoms in total. The normalized spacial score (nSPS) is 12.6. The lowest BCUT2D eigenvalue weighted by atomic mass is 10.0. The summed E-state index contributed by atoms with van der Waals surface area (Å²) in [5.41, 5.74) is 1.96. The molecule has 1 amide bonds. The number of ether oxygens (including phenoxy) is 3. The van der Waals surface area contributed by atoms with E-state index < -0.39 is 11.9 Å². The zero-order valence-corrected chi connectivity index (χ0v) is 18.1. The Morgan fingerprint density at radius 2 is 1.75 bits per heavy atom. The van der Waals surface area contributed by atoms with Crippen LogP contribution in [0.25, 0.3) is 0 Å². The first-order valence-electron chi connectivity index (χ1n) is 10.4. The monoisotopic (exact) mass is 439 g/mol. The maximum Gasteiger partial charge on any atom is 0.338 e. The van der Waals surface area contributed by atoms with Gasteiger partial charge in [0, 0.05) is 12.0 Å². The Labute approximate surface area is 186 Å². The molecule has 0 unspecified atom stereocenters. The summed E-state index contributed by atoms with van der Waals surface area (Å²) < 4.78 is 15.4. The molecule has 2 aromatic carbocycles. The number of anilines is 1. The fourth-order valence-corrected chi connectivity index (χ4v) is 3.34. The summed E-state index contributed by atoms with van der Waals surface area (Å²) in [5, 5.41) is 0. The van der Waals surface area contributed by atoms with E-state index in [-0.39, 0.29) is 50.9 Å². The van der Waals surface area contributed by atoms with E-state index in [1.165, 1.54) is 4.90 Å². The van der Waals surface area contributed by atoms with Crippen LogP contribution in [0.4, 0.5) is 5.69 Å². The molecule has 3 rings (SSSR count). The van der Waals surface area contributed by atoms with Gasteiger partial charge in [-0.05, 0) is 49.7 Å².